The maximum Gasteiger partial charge on any atom is 0.227 e. The van der Waals surface area contributed by atoms with Crippen LogP contribution in [0.5, 0.6) is 11.6 Å². The second kappa shape index (κ2) is 6.17. The fourth-order valence-corrected chi connectivity index (χ4v) is 2.08. The van der Waals surface area contributed by atoms with E-state index in [9.17, 15) is 4.39 Å². The van der Waals surface area contributed by atoms with Crippen molar-refractivity contribution in [3.05, 3.63) is 40.4 Å². The van der Waals surface area contributed by atoms with Crippen molar-refractivity contribution in [1.29, 1.82) is 0 Å². The fraction of sp³-hybridized carbons (Fsp3) is 0.286. The third kappa shape index (κ3) is 3.07. The summed E-state index contributed by atoms with van der Waals surface area (Å²) in [5.41, 5.74) is 0.860. The van der Waals surface area contributed by atoms with E-state index in [1.165, 1.54) is 12.4 Å². The predicted molar refractivity (Wildman–Crippen MR) is 79.8 cm³/mol. The Hall–Kier alpha value is -1.69. The summed E-state index contributed by atoms with van der Waals surface area (Å²) in [6, 6.07) is 4.59. The van der Waals surface area contributed by atoms with Crippen molar-refractivity contribution in [1.82, 2.24) is 9.97 Å². The quantitative estimate of drug-likeness (QED) is 0.900. The lowest BCUT2D eigenvalue weighted by molar-refractivity contribution is 0.447. The van der Waals surface area contributed by atoms with Gasteiger partial charge >= 0.3 is 0 Å². The molecule has 20 heavy (non-hydrogen) atoms. The third-order valence-corrected chi connectivity index (χ3v) is 3.41. The molecule has 1 aromatic carbocycles. The monoisotopic (exact) mass is 339 g/mol. The molecule has 0 amide bonds. The van der Waals surface area contributed by atoms with Gasteiger partial charge in [-0.2, -0.15) is 0 Å². The summed E-state index contributed by atoms with van der Waals surface area (Å²) in [5, 5.41) is 3.01. The van der Waals surface area contributed by atoms with Crippen molar-refractivity contribution in [3.63, 3.8) is 0 Å². The van der Waals surface area contributed by atoms with Gasteiger partial charge in [-0.05, 0) is 34.0 Å². The molecule has 0 atom stereocenters. The van der Waals surface area contributed by atoms with Gasteiger partial charge in [-0.3, -0.25) is 0 Å². The summed E-state index contributed by atoms with van der Waals surface area (Å²) in [7, 11) is 1.79. The van der Waals surface area contributed by atoms with Crippen LogP contribution in [0.3, 0.4) is 0 Å². The average Bonchev–Trinajstić information content (AvgIpc) is 2.42. The number of hydrogen-bond acceptors (Lipinski definition) is 4. The van der Waals surface area contributed by atoms with Gasteiger partial charge < -0.3 is 10.1 Å². The van der Waals surface area contributed by atoms with E-state index < -0.39 is 0 Å². The summed E-state index contributed by atoms with van der Waals surface area (Å²) in [6.07, 6.45) is 1.42. The number of aromatic nitrogens is 2. The van der Waals surface area contributed by atoms with Gasteiger partial charge in [0.15, 0.2) is 0 Å². The van der Waals surface area contributed by atoms with Crippen LogP contribution < -0.4 is 10.1 Å². The molecule has 0 spiro atoms. The molecule has 0 saturated carbocycles. The van der Waals surface area contributed by atoms with E-state index in [1.807, 2.05) is 13.8 Å². The normalized spacial score (nSPS) is 10.7. The Morgan fingerprint density at radius 3 is 2.65 bits per heavy atom. The Balaban J connectivity index is 2.40. The smallest absolute Gasteiger partial charge is 0.227 e. The van der Waals surface area contributed by atoms with E-state index in [2.05, 4.69) is 31.2 Å². The van der Waals surface area contributed by atoms with Crippen LogP contribution in [0.1, 0.15) is 25.3 Å². The molecule has 1 heterocycles. The Bertz CT molecular complexity index is 619. The average molecular weight is 340 g/mol. The number of halogens is 2. The largest absolute Gasteiger partial charge is 0.438 e. The van der Waals surface area contributed by atoms with Gasteiger partial charge in [-0.25, -0.2) is 14.4 Å². The van der Waals surface area contributed by atoms with Crippen LogP contribution in [0.4, 0.5) is 10.2 Å². The van der Waals surface area contributed by atoms with Gasteiger partial charge in [0.05, 0.1) is 10.0 Å². The molecule has 0 saturated heterocycles. The Morgan fingerprint density at radius 2 is 2.05 bits per heavy atom. The highest BCUT2D eigenvalue weighted by molar-refractivity contribution is 9.10. The van der Waals surface area contributed by atoms with E-state index in [0.717, 1.165) is 5.56 Å². The molecule has 0 aliphatic carbocycles. The molecule has 1 aromatic heterocycles. The van der Waals surface area contributed by atoms with Crippen molar-refractivity contribution in [2.45, 2.75) is 19.8 Å². The van der Waals surface area contributed by atoms with Crippen LogP contribution in [0.2, 0.25) is 0 Å². The van der Waals surface area contributed by atoms with Crippen LogP contribution in [0.25, 0.3) is 0 Å². The molecule has 0 fully saturated rings. The van der Waals surface area contributed by atoms with Crippen LogP contribution in [-0.2, 0) is 0 Å². The Morgan fingerprint density at radius 1 is 1.30 bits per heavy atom. The molecule has 4 nitrogen and oxygen atoms in total. The summed E-state index contributed by atoms with van der Waals surface area (Å²) < 4.78 is 19.6. The third-order valence-electron chi connectivity index (χ3n) is 2.77. The number of nitrogens with zero attached hydrogens (tertiary/aromatic N) is 2. The Labute approximate surface area is 125 Å². The van der Waals surface area contributed by atoms with Crippen molar-refractivity contribution in [2.75, 3.05) is 12.4 Å². The number of rotatable bonds is 4. The van der Waals surface area contributed by atoms with E-state index in [4.69, 9.17) is 4.74 Å². The molecule has 0 radical (unpaired) electrons. The highest BCUT2D eigenvalue weighted by Gasteiger charge is 2.16. The molecule has 2 rings (SSSR count). The minimum Gasteiger partial charge on any atom is -0.438 e. The lowest BCUT2D eigenvalue weighted by Gasteiger charge is -2.15. The second-order valence-corrected chi connectivity index (χ2v) is 5.38. The van der Waals surface area contributed by atoms with Gasteiger partial charge in [-0.1, -0.05) is 13.8 Å². The van der Waals surface area contributed by atoms with E-state index in [1.54, 1.807) is 19.2 Å². The number of ether oxygens (including phenoxy) is 1. The van der Waals surface area contributed by atoms with Gasteiger partial charge in [-0.15, -0.1) is 0 Å². The lowest BCUT2D eigenvalue weighted by Crippen LogP contribution is -2.04. The van der Waals surface area contributed by atoms with Crippen molar-refractivity contribution >= 4 is 21.7 Å². The number of benzene rings is 1. The maximum absolute atomic E-state index is 13.5. The minimum atomic E-state index is -0.378. The van der Waals surface area contributed by atoms with Crippen LogP contribution in [-0.4, -0.2) is 17.0 Å². The molecule has 106 valence electrons. The first-order valence-electron chi connectivity index (χ1n) is 6.18. The summed E-state index contributed by atoms with van der Waals surface area (Å²) in [5.74, 6) is 1.34. The predicted octanol–water partition coefficient (Wildman–Crippen LogP) is 4.34. The maximum atomic E-state index is 13.5. The van der Waals surface area contributed by atoms with Gasteiger partial charge in [0.2, 0.25) is 5.88 Å². The van der Waals surface area contributed by atoms with Crippen LogP contribution in [0.15, 0.2) is 29.0 Å². The van der Waals surface area contributed by atoms with Crippen molar-refractivity contribution in [3.8, 4) is 11.6 Å². The second-order valence-electron chi connectivity index (χ2n) is 4.52. The number of nitrogens with one attached hydrogen (secondary N) is 1. The van der Waals surface area contributed by atoms with E-state index in [0.29, 0.717) is 21.9 Å². The standard InChI is InChI=1S/C14H15BrFN3O/c1-8(2)12-13(17-3)18-7-19-14(12)20-9-4-5-10(15)11(16)6-9/h4-8H,1-3H3,(H,17,18,19). The van der Waals surface area contributed by atoms with Crippen molar-refractivity contribution < 1.29 is 9.13 Å². The highest BCUT2D eigenvalue weighted by Crippen LogP contribution is 2.33. The molecule has 0 unspecified atom stereocenters. The molecular weight excluding hydrogens is 325 g/mol. The molecule has 0 aliphatic heterocycles. The SMILES string of the molecule is CNc1ncnc(Oc2ccc(Br)c(F)c2)c1C(C)C. The molecular formula is C14H15BrFN3O. The zero-order chi connectivity index (χ0) is 14.7. The first kappa shape index (κ1) is 14.7. The minimum absolute atomic E-state index is 0.175. The molecule has 0 aliphatic rings. The Kier molecular flexibility index (Phi) is 4.54. The zero-order valence-corrected chi connectivity index (χ0v) is 13.0. The first-order valence-corrected chi connectivity index (χ1v) is 6.97. The molecule has 2 aromatic rings. The van der Waals surface area contributed by atoms with E-state index >= 15 is 0 Å². The summed E-state index contributed by atoms with van der Waals surface area (Å²) >= 11 is 3.11. The highest BCUT2D eigenvalue weighted by atomic mass is 79.9. The molecule has 6 heteroatoms. The number of anilines is 1. The van der Waals surface area contributed by atoms with Crippen LogP contribution >= 0.6 is 15.9 Å². The zero-order valence-electron chi connectivity index (χ0n) is 11.4. The fourth-order valence-electron chi connectivity index (χ4n) is 1.83. The van der Waals surface area contributed by atoms with Gasteiger partial charge in [0, 0.05) is 13.1 Å². The molecule has 1 N–H and O–H groups in total. The molecule has 0 bridgehead atoms. The van der Waals surface area contributed by atoms with Crippen LogP contribution in [0, 0.1) is 5.82 Å². The lowest BCUT2D eigenvalue weighted by atomic mass is 10.1. The summed E-state index contributed by atoms with van der Waals surface area (Å²) in [6.45, 7) is 4.04. The first-order chi connectivity index (χ1) is 9.52. The van der Waals surface area contributed by atoms with Gasteiger partial charge in [0.1, 0.15) is 23.7 Å². The van der Waals surface area contributed by atoms with E-state index in [-0.39, 0.29) is 11.7 Å². The van der Waals surface area contributed by atoms with Gasteiger partial charge in [0.25, 0.3) is 0 Å². The number of hydrogen-bond donors (Lipinski definition) is 1. The van der Waals surface area contributed by atoms with Crippen molar-refractivity contribution in [2.24, 2.45) is 0 Å². The topological polar surface area (TPSA) is 47.0 Å². The summed E-state index contributed by atoms with van der Waals surface area (Å²) in [4.78, 5) is 8.32.